The number of anilines is 1. The molecule has 3 heterocycles. The molecule has 3 aliphatic heterocycles. The third-order valence-corrected chi connectivity index (χ3v) is 12.4. The van der Waals surface area contributed by atoms with E-state index in [4.69, 9.17) is 23.9 Å². The molecule has 2 aromatic rings. The molecule has 0 aliphatic carbocycles. The minimum Gasteiger partial charge on any atom is -0.507 e. The number of ether oxygens (including phenoxy) is 4. The predicted octanol–water partition coefficient (Wildman–Crippen LogP) is 5.00. The van der Waals surface area contributed by atoms with Crippen LogP contribution >= 0.6 is 0 Å². The number of aliphatic hydroxyl groups excluding tert-OH is 2. The number of benzene rings is 2. The smallest absolute Gasteiger partial charge is 0.347 e. The van der Waals surface area contributed by atoms with Crippen molar-refractivity contribution < 1.29 is 53.8 Å². The topological polar surface area (TPSA) is 209 Å². The van der Waals surface area contributed by atoms with Crippen LogP contribution in [-0.2, 0) is 23.8 Å². The Morgan fingerprint density at radius 3 is 2.26 bits per heavy atom. The highest BCUT2D eigenvalue weighted by Crippen LogP contribution is 2.47. The number of carbonyl (C=O) groups excluding carboxylic acids is 3. The van der Waals surface area contributed by atoms with Gasteiger partial charge in [0.15, 0.2) is 5.75 Å². The van der Waals surface area contributed by atoms with Crippen molar-refractivity contribution in [2.24, 2.45) is 39.6 Å². The Morgan fingerprint density at radius 2 is 1.66 bits per heavy atom. The van der Waals surface area contributed by atoms with E-state index in [9.17, 15) is 34.8 Å². The molecule has 0 unspecified atom stereocenters. The number of hydrogen-bond acceptors (Lipinski definition) is 14. The van der Waals surface area contributed by atoms with Crippen molar-refractivity contribution in [2.45, 2.75) is 112 Å². The zero-order chi connectivity index (χ0) is 45.1. The maximum Gasteiger partial charge on any atom is 0.347 e. The molecule has 5 rings (SSSR count). The van der Waals surface area contributed by atoms with E-state index in [1.807, 2.05) is 0 Å². The second kappa shape index (κ2) is 19.5. The van der Waals surface area contributed by atoms with Crippen LogP contribution in [0.5, 0.6) is 17.2 Å². The van der Waals surface area contributed by atoms with Crippen LogP contribution in [0.3, 0.4) is 0 Å². The zero-order valence-corrected chi connectivity index (χ0v) is 37.3. The lowest BCUT2D eigenvalue weighted by molar-refractivity contribution is -0.160. The van der Waals surface area contributed by atoms with Crippen molar-refractivity contribution in [3.63, 3.8) is 0 Å². The van der Waals surface area contributed by atoms with Gasteiger partial charge in [0.2, 0.25) is 0 Å². The van der Waals surface area contributed by atoms with E-state index in [0.29, 0.717) is 31.8 Å². The number of aromatic hydroxyl groups is 2. The Kier molecular flexibility index (Phi) is 15.1. The van der Waals surface area contributed by atoms with E-state index in [-0.39, 0.29) is 62.0 Å². The number of hydrogen-bond donors (Lipinski definition) is 5. The Bertz CT molecular complexity index is 2210. The van der Waals surface area contributed by atoms with Gasteiger partial charge in [-0.15, -0.1) is 0 Å². The molecule has 1 spiro atoms. The number of likely N-dealkylation sites (tertiary alicyclic amines) is 1. The fourth-order valence-electron chi connectivity index (χ4n) is 8.86. The maximum absolute atomic E-state index is 14.5. The number of phenolic OH excluding ortho intramolecular Hbond substituents is 2. The third kappa shape index (κ3) is 9.80. The summed E-state index contributed by atoms with van der Waals surface area (Å²) in [6, 6.07) is 0. The van der Waals surface area contributed by atoms with E-state index in [1.165, 1.54) is 26.2 Å². The van der Waals surface area contributed by atoms with Gasteiger partial charge < -0.3 is 49.6 Å². The highest BCUT2D eigenvalue weighted by atomic mass is 16.5. The number of cyclic esters (lactones) is 1. The number of methoxy groups -OCH3 is 1. The molecule has 0 saturated carbocycles. The van der Waals surface area contributed by atoms with E-state index in [2.05, 4.69) is 29.1 Å². The minimum absolute atomic E-state index is 0.0267. The van der Waals surface area contributed by atoms with Crippen molar-refractivity contribution in [3.05, 3.63) is 58.0 Å². The van der Waals surface area contributed by atoms with Crippen LogP contribution in [-0.4, -0.2) is 107 Å². The highest BCUT2D eigenvalue weighted by Gasteiger charge is 2.42. The first-order valence-corrected chi connectivity index (χ1v) is 21.3. The maximum atomic E-state index is 14.5. The first kappa shape index (κ1) is 47.2. The summed E-state index contributed by atoms with van der Waals surface area (Å²) in [6.07, 6.45) is 4.78. The molecule has 334 valence electrons. The summed E-state index contributed by atoms with van der Waals surface area (Å²) in [5, 5.41) is 50.3. The number of nitrogens with one attached hydrogen (secondary N) is 1. The molecule has 2 aromatic carbocycles. The molecule has 0 radical (unpaired) electrons. The number of allylic oxidation sites excluding steroid dienone is 2. The predicted molar refractivity (Wildman–Crippen MR) is 230 cm³/mol. The zero-order valence-electron chi connectivity index (χ0n) is 37.3. The lowest BCUT2D eigenvalue weighted by atomic mass is 9.78. The van der Waals surface area contributed by atoms with E-state index in [0.717, 1.165) is 12.8 Å². The number of nitrogens with zero attached hydrogens (tertiary/aromatic N) is 3. The van der Waals surface area contributed by atoms with Gasteiger partial charge >= 0.3 is 11.9 Å². The van der Waals surface area contributed by atoms with Crippen LogP contribution in [0.15, 0.2) is 46.1 Å². The van der Waals surface area contributed by atoms with Gasteiger partial charge in [-0.25, -0.2) is 9.79 Å². The Hall–Kier alpha value is -4.83. The third-order valence-electron chi connectivity index (χ3n) is 12.4. The summed E-state index contributed by atoms with van der Waals surface area (Å²) in [6.45, 7) is 19.9. The standard InChI is InChI=1S/C46H64N4O11/c1-12-59-43-29(9)40(54)33-32-34(43)45(57)60-21-16-31(58-11)26(6)42(61-30(10)51)28(8)39(53)27(7)38(52)24(4)14-13-15-25(5)44(56)47-37(41(33)55)36-35(32)48-46(49-36)17-19-50(20-18-46)22-23(2)3/h13-16,21,23-24,26-28,31,38-39,42,48,52-55H,12,17-20,22H2,1-11H3/b14-13+,21-16+,25-15-,47-37?/t24-,26+,27+,28+,31-,38-,39+,42+/m0/s1. The molecule has 5 N–H and O–H groups in total. The first-order chi connectivity index (χ1) is 28.8. The van der Waals surface area contributed by atoms with Crippen molar-refractivity contribution in [1.29, 1.82) is 0 Å². The van der Waals surface area contributed by atoms with E-state index in [1.54, 1.807) is 60.6 Å². The van der Waals surface area contributed by atoms with Gasteiger partial charge in [0.25, 0.3) is 5.91 Å². The molecule has 1 saturated heterocycles. The number of rotatable bonds is 6. The van der Waals surface area contributed by atoms with Gasteiger partial charge in [0.05, 0.1) is 42.3 Å². The SMILES string of the molecule is CCOc1c(C)c(O)c2c(O)c3c4c(c2c1C(=O)O/C=C/[C@H](OC)[C@@H](C)[C@@H](OC(C)=O)[C@H](C)[C@H](O)[C@H](C)[C@@H](O)[C@@H](C)/C=C/C=C(/C)C(=O)N=3)NC1(CCN(CC(C)C)CC1)N=4. The lowest BCUT2D eigenvalue weighted by Crippen LogP contribution is -2.47. The molecule has 0 aromatic heterocycles. The van der Waals surface area contributed by atoms with Crippen LogP contribution in [0.1, 0.15) is 91.1 Å². The normalized spacial score (nSPS) is 29.6. The van der Waals surface area contributed by atoms with Crippen molar-refractivity contribution in [1.82, 2.24) is 4.90 Å². The second-order valence-electron chi connectivity index (χ2n) is 17.3. The Balaban J connectivity index is 1.79. The van der Waals surface area contributed by atoms with Gasteiger partial charge in [-0.05, 0) is 32.8 Å². The average molecular weight is 849 g/mol. The molecule has 8 atom stereocenters. The van der Waals surface area contributed by atoms with Crippen LogP contribution in [0.25, 0.3) is 10.8 Å². The quantitative estimate of drug-likeness (QED) is 0.192. The lowest BCUT2D eigenvalue weighted by Gasteiger charge is -2.38. The van der Waals surface area contributed by atoms with Gasteiger partial charge in [0, 0.05) is 86.7 Å². The first-order valence-electron chi connectivity index (χ1n) is 21.3. The fraction of sp³-hybridized carbons (Fsp3) is 0.587. The number of phenols is 2. The number of carbonyl (C=O) groups is 3. The minimum atomic E-state index is -1.13. The summed E-state index contributed by atoms with van der Waals surface area (Å²) in [5.74, 6) is -5.05. The summed E-state index contributed by atoms with van der Waals surface area (Å²) >= 11 is 0. The molecule has 2 bridgehead atoms. The van der Waals surface area contributed by atoms with Crippen LogP contribution in [0.2, 0.25) is 0 Å². The molecule has 61 heavy (non-hydrogen) atoms. The van der Waals surface area contributed by atoms with Crippen LogP contribution < -0.4 is 20.8 Å². The summed E-state index contributed by atoms with van der Waals surface area (Å²) in [5.41, 5.74) is -0.364. The molecule has 15 heteroatoms. The Labute approximate surface area is 357 Å². The molecule has 1 amide bonds. The number of esters is 2. The van der Waals surface area contributed by atoms with E-state index < -0.39 is 77.3 Å². The fourth-order valence-corrected chi connectivity index (χ4v) is 8.86. The van der Waals surface area contributed by atoms with Gasteiger partial charge in [0.1, 0.15) is 39.5 Å². The molecular weight excluding hydrogens is 785 g/mol. The van der Waals surface area contributed by atoms with Crippen molar-refractivity contribution >= 4 is 34.3 Å². The number of piperidine rings is 1. The summed E-state index contributed by atoms with van der Waals surface area (Å²) in [4.78, 5) is 52.7. The summed E-state index contributed by atoms with van der Waals surface area (Å²) < 4.78 is 23.4. The molecule has 3 aliphatic rings. The van der Waals surface area contributed by atoms with Gasteiger partial charge in [-0.3, -0.25) is 14.6 Å². The van der Waals surface area contributed by atoms with Crippen molar-refractivity contribution in [3.8, 4) is 17.2 Å². The average Bonchev–Trinajstić information content (AvgIpc) is 3.59. The van der Waals surface area contributed by atoms with Gasteiger partial charge in [-0.2, -0.15) is 0 Å². The number of aliphatic hydroxyl groups is 2. The van der Waals surface area contributed by atoms with Gasteiger partial charge in [-0.1, -0.05) is 59.8 Å². The van der Waals surface area contributed by atoms with E-state index >= 15 is 0 Å². The van der Waals surface area contributed by atoms with Crippen LogP contribution in [0.4, 0.5) is 5.69 Å². The second-order valence-corrected chi connectivity index (χ2v) is 17.3. The Morgan fingerprint density at radius 1 is 0.984 bits per heavy atom. The van der Waals surface area contributed by atoms with Crippen LogP contribution in [0, 0.1) is 36.5 Å². The molecular formula is C46H64N4O11. The summed E-state index contributed by atoms with van der Waals surface area (Å²) in [7, 11) is 1.45. The largest absolute Gasteiger partial charge is 0.507 e. The number of amides is 1. The monoisotopic (exact) mass is 848 g/mol. The molecule has 1 fully saturated rings. The highest BCUT2D eigenvalue weighted by molar-refractivity contribution is 6.16. The van der Waals surface area contributed by atoms with Crippen molar-refractivity contribution in [2.75, 3.05) is 38.7 Å². The molecule has 15 nitrogen and oxygen atoms in total.